The largest absolute Gasteiger partial charge is 0.339 e. The van der Waals surface area contributed by atoms with E-state index in [9.17, 15) is 4.79 Å². The lowest BCUT2D eigenvalue weighted by Gasteiger charge is -2.27. The van der Waals surface area contributed by atoms with Crippen molar-refractivity contribution in [2.24, 2.45) is 0 Å². The van der Waals surface area contributed by atoms with E-state index in [2.05, 4.69) is 12.1 Å². The molecule has 0 saturated heterocycles. The van der Waals surface area contributed by atoms with Crippen LogP contribution in [0.5, 0.6) is 0 Å². The van der Waals surface area contributed by atoms with Gasteiger partial charge in [-0.25, -0.2) is 0 Å². The van der Waals surface area contributed by atoms with Crippen molar-refractivity contribution in [3.8, 4) is 0 Å². The van der Waals surface area contributed by atoms with Crippen LogP contribution in [0.15, 0.2) is 18.2 Å². The number of carbonyl (C=O) groups is 1. The average molecular weight is 219 g/mol. The number of hydrogen-bond donors (Lipinski definition) is 0. The topological polar surface area (TPSA) is 20.3 Å². The molecular weight excluding hydrogens is 198 g/mol. The molecule has 2 nitrogen and oxygen atoms in total. The molecular formula is C14H21NO. The second kappa shape index (κ2) is 5.69. The maximum Gasteiger partial charge on any atom is 0.254 e. The van der Waals surface area contributed by atoms with Crippen molar-refractivity contribution < 1.29 is 4.79 Å². The lowest BCUT2D eigenvalue weighted by molar-refractivity contribution is 0.0749. The molecule has 1 aromatic carbocycles. The minimum absolute atomic E-state index is 0.192. The van der Waals surface area contributed by atoms with Crippen LogP contribution in [0, 0.1) is 6.92 Å². The summed E-state index contributed by atoms with van der Waals surface area (Å²) in [5, 5.41) is 0. The first kappa shape index (κ1) is 12.8. The summed E-state index contributed by atoms with van der Waals surface area (Å²) >= 11 is 0. The van der Waals surface area contributed by atoms with E-state index in [1.54, 1.807) is 0 Å². The molecule has 1 amide bonds. The number of rotatable bonds is 1. The lowest BCUT2D eigenvalue weighted by atomic mass is 9.97. The number of hydrogen-bond acceptors (Lipinski definition) is 1. The van der Waals surface area contributed by atoms with Crippen LogP contribution in [-0.4, -0.2) is 23.9 Å². The molecule has 1 heterocycles. The summed E-state index contributed by atoms with van der Waals surface area (Å²) in [5.74, 6) is 0.192. The van der Waals surface area contributed by atoms with Gasteiger partial charge in [0.2, 0.25) is 0 Å². The molecule has 0 unspecified atom stereocenters. The Balaban J connectivity index is 0.000000606. The predicted molar refractivity (Wildman–Crippen MR) is 67.8 cm³/mol. The van der Waals surface area contributed by atoms with Crippen LogP contribution in [-0.2, 0) is 6.42 Å². The highest BCUT2D eigenvalue weighted by Gasteiger charge is 2.22. The van der Waals surface area contributed by atoms with Crippen molar-refractivity contribution in [1.82, 2.24) is 4.90 Å². The number of aryl methyl sites for hydroxylation is 1. The molecule has 0 atom stereocenters. The summed E-state index contributed by atoms with van der Waals surface area (Å²) in [6, 6.07) is 6.16. The number of benzene rings is 1. The molecule has 0 N–H and O–H groups in total. The smallest absolute Gasteiger partial charge is 0.254 e. The van der Waals surface area contributed by atoms with E-state index < -0.39 is 0 Å². The minimum atomic E-state index is 0.192. The normalized spacial score (nSPS) is 14.0. The molecule has 0 fully saturated rings. The Kier molecular flexibility index (Phi) is 4.53. The fourth-order valence-electron chi connectivity index (χ4n) is 1.94. The standard InChI is InChI=1S/C12H15NO.C2H6/c1-3-13-7-6-10-5-4-9(2)8-11(10)12(13)14;1-2/h4-5,8H,3,6-7H2,1-2H3;1-2H3. The fraction of sp³-hybridized carbons (Fsp3) is 0.500. The summed E-state index contributed by atoms with van der Waals surface area (Å²) in [6.07, 6.45) is 0.995. The summed E-state index contributed by atoms with van der Waals surface area (Å²) in [7, 11) is 0. The Bertz CT molecular complexity index is 371. The number of amides is 1. The molecule has 2 rings (SSSR count). The molecule has 88 valence electrons. The zero-order chi connectivity index (χ0) is 12.1. The molecule has 2 heteroatoms. The van der Waals surface area contributed by atoms with Crippen molar-refractivity contribution in [3.05, 3.63) is 34.9 Å². The number of nitrogens with zero attached hydrogens (tertiary/aromatic N) is 1. The average Bonchev–Trinajstić information content (AvgIpc) is 2.33. The van der Waals surface area contributed by atoms with E-state index in [4.69, 9.17) is 0 Å². The number of likely N-dealkylation sites (N-methyl/N-ethyl adjacent to an activating group) is 1. The first-order chi connectivity index (χ1) is 7.72. The molecule has 1 aliphatic heterocycles. The van der Waals surface area contributed by atoms with Crippen molar-refractivity contribution in [1.29, 1.82) is 0 Å². The van der Waals surface area contributed by atoms with Gasteiger partial charge < -0.3 is 4.90 Å². The Labute approximate surface area is 98.3 Å². The molecule has 0 aliphatic carbocycles. The van der Waals surface area contributed by atoms with Crippen molar-refractivity contribution in [2.45, 2.75) is 34.1 Å². The zero-order valence-electron chi connectivity index (χ0n) is 10.7. The van der Waals surface area contributed by atoms with Gasteiger partial charge in [-0.3, -0.25) is 4.79 Å². The first-order valence-electron chi connectivity index (χ1n) is 6.11. The maximum atomic E-state index is 11.9. The van der Waals surface area contributed by atoms with E-state index in [1.807, 2.05) is 38.7 Å². The summed E-state index contributed by atoms with van der Waals surface area (Å²) in [6.45, 7) is 9.73. The molecule has 0 spiro atoms. The molecule has 16 heavy (non-hydrogen) atoms. The van der Waals surface area contributed by atoms with E-state index in [1.165, 1.54) is 5.56 Å². The molecule has 0 saturated carbocycles. The van der Waals surface area contributed by atoms with Gasteiger partial charge in [-0.05, 0) is 31.9 Å². The van der Waals surface area contributed by atoms with E-state index >= 15 is 0 Å². The van der Waals surface area contributed by atoms with Gasteiger partial charge in [0.1, 0.15) is 0 Å². The van der Waals surface area contributed by atoms with Crippen LogP contribution in [0.25, 0.3) is 0 Å². The lowest BCUT2D eigenvalue weighted by Crippen LogP contribution is -2.37. The maximum absolute atomic E-state index is 11.9. The van der Waals surface area contributed by atoms with Crippen LogP contribution >= 0.6 is 0 Å². The molecule has 0 radical (unpaired) electrons. The van der Waals surface area contributed by atoms with Crippen LogP contribution in [0.1, 0.15) is 42.3 Å². The Hall–Kier alpha value is -1.31. The summed E-state index contributed by atoms with van der Waals surface area (Å²) in [5.41, 5.74) is 3.26. The number of carbonyl (C=O) groups excluding carboxylic acids is 1. The number of fused-ring (bicyclic) bond motifs is 1. The highest BCUT2D eigenvalue weighted by Crippen LogP contribution is 2.19. The highest BCUT2D eigenvalue weighted by molar-refractivity contribution is 5.96. The van der Waals surface area contributed by atoms with Crippen molar-refractivity contribution in [3.63, 3.8) is 0 Å². The summed E-state index contributed by atoms with van der Waals surface area (Å²) in [4.78, 5) is 13.8. The molecule has 1 aliphatic rings. The third-order valence-corrected chi connectivity index (χ3v) is 2.82. The van der Waals surface area contributed by atoms with Gasteiger partial charge in [-0.15, -0.1) is 0 Å². The van der Waals surface area contributed by atoms with Crippen molar-refractivity contribution >= 4 is 5.91 Å². The van der Waals surface area contributed by atoms with Crippen molar-refractivity contribution in [2.75, 3.05) is 13.1 Å². The quantitative estimate of drug-likeness (QED) is 0.711. The highest BCUT2D eigenvalue weighted by atomic mass is 16.2. The van der Waals surface area contributed by atoms with Crippen LogP contribution in [0.4, 0.5) is 0 Å². The predicted octanol–water partition coefficient (Wildman–Crippen LogP) is 3.04. The third kappa shape index (κ3) is 2.43. The van der Waals surface area contributed by atoms with Crippen LogP contribution in [0.2, 0.25) is 0 Å². The first-order valence-corrected chi connectivity index (χ1v) is 6.11. The van der Waals surface area contributed by atoms with Crippen LogP contribution in [0.3, 0.4) is 0 Å². The Morgan fingerprint density at radius 1 is 1.31 bits per heavy atom. The van der Waals surface area contributed by atoms with Gasteiger partial charge in [-0.1, -0.05) is 31.5 Å². The fourth-order valence-corrected chi connectivity index (χ4v) is 1.94. The minimum Gasteiger partial charge on any atom is -0.339 e. The molecule has 1 aromatic rings. The SMILES string of the molecule is CC.CCN1CCc2ccc(C)cc2C1=O. The Morgan fingerprint density at radius 2 is 2.00 bits per heavy atom. The summed E-state index contributed by atoms with van der Waals surface area (Å²) < 4.78 is 0. The van der Waals surface area contributed by atoms with Gasteiger partial charge in [0.25, 0.3) is 5.91 Å². The van der Waals surface area contributed by atoms with E-state index in [0.29, 0.717) is 0 Å². The van der Waals surface area contributed by atoms with Gasteiger partial charge in [0, 0.05) is 18.7 Å². The second-order valence-corrected chi connectivity index (χ2v) is 3.80. The third-order valence-electron chi connectivity index (χ3n) is 2.82. The van der Waals surface area contributed by atoms with Gasteiger partial charge in [-0.2, -0.15) is 0 Å². The zero-order valence-corrected chi connectivity index (χ0v) is 10.7. The van der Waals surface area contributed by atoms with E-state index in [0.717, 1.165) is 30.6 Å². The van der Waals surface area contributed by atoms with Gasteiger partial charge >= 0.3 is 0 Å². The molecule has 0 bridgehead atoms. The Morgan fingerprint density at radius 3 is 2.62 bits per heavy atom. The molecule has 0 aromatic heterocycles. The monoisotopic (exact) mass is 219 g/mol. The van der Waals surface area contributed by atoms with Gasteiger partial charge in [0.05, 0.1) is 0 Å². The van der Waals surface area contributed by atoms with Gasteiger partial charge in [0.15, 0.2) is 0 Å². The van der Waals surface area contributed by atoms with E-state index in [-0.39, 0.29) is 5.91 Å². The van der Waals surface area contributed by atoms with Crippen LogP contribution < -0.4 is 0 Å². The second-order valence-electron chi connectivity index (χ2n) is 3.80.